The molecular weight excluding hydrogens is 538 g/mol. The molecule has 0 radical (unpaired) electrons. The van der Waals surface area contributed by atoms with Gasteiger partial charge in [-0.1, -0.05) is 19.1 Å². The minimum absolute atomic E-state index is 0.203. The molecular formula is C30H37N7O3S. The van der Waals surface area contributed by atoms with Crippen LogP contribution in [0.1, 0.15) is 43.3 Å². The number of carbonyl (C=O) groups excluding carboxylic acids is 1. The number of thiophene rings is 1. The van der Waals surface area contributed by atoms with Crippen molar-refractivity contribution in [2.45, 2.75) is 57.7 Å². The maximum atomic E-state index is 13.1. The monoisotopic (exact) mass is 575 g/mol. The second kappa shape index (κ2) is 11.3. The van der Waals surface area contributed by atoms with Crippen molar-refractivity contribution in [2.24, 2.45) is 0 Å². The Hall–Kier alpha value is -3.12. The van der Waals surface area contributed by atoms with E-state index in [0.29, 0.717) is 25.7 Å². The molecule has 1 N–H and O–H groups in total. The molecule has 41 heavy (non-hydrogen) atoms. The van der Waals surface area contributed by atoms with Crippen molar-refractivity contribution >= 4 is 44.3 Å². The van der Waals surface area contributed by atoms with Crippen LogP contribution in [0, 0.1) is 0 Å². The van der Waals surface area contributed by atoms with E-state index in [1.165, 1.54) is 4.88 Å². The predicted molar refractivity (Wildman–Crippen MR) is 160 cm³/mol. The molecule has 0 unspecified atom stereocenters. The lowest BCUT2D eigenvalue weighted by Gasteiger charge is -2.41. The Kier molecular flexibility index (Phi) is 7.36. The van der Waals surface area contributed by atoms with E-state index in [-0.39, 0.29) is 18.1 Å². The second-order valence-electron chi connectivity index (χ2n) is 11.3. The highest BCUT2D eigenvalue weighted by atomic mass is 32.1. The van der Waals surface area contributed by atoms with Gasteiger partial charge in [-0.2, -0.15) is 4.98 Å². The quantitative estimate of drug-likeness (QED) is 0.374. The number of carbonyl (C=O) groups is 1. The van der Waals surface area contributed by atoms with Crippen LogP contribution in [0.15, 0.2) is 30.3 Å². The molecule has 3 aromatic heterocycles. The normalized spacial score (nSPS) is 22.7. The second-order valence-corrected chi connectivity index (χ2v) is 12.5. The molecule has 2 saturated heterocycles. The molecule has 5 heterocycles. The number of amides is 1. The first-order chi connectivity index (χ1) is 20.1. The van der Waals surface area contributed by atoms with Crippen LogP contribution in [0.5, 0.6) is 0 Å². The number of anilines is 1. The number of hydrogen-bond donors (Lipinski definition) is 1. The highest BCUT2D eigenvalue weighted by molar-refractivity contribution is 7.19. The Balaban J connectivity index is 1.19. The summed E-state index contributed by atoms with van der Waals surface area (Å²) in [4.78, 5) is 36.1. The fraction of sp³-hybridized carbons (Fsp3) is 0.533. The van der Waals surface area contributed by atoms with Crippen molar-refractivity contribution in [3.05, 3.63) is 41.0 Å². The molecule has 11 heteroatoms. The number of aryl methyl sites for hydroxylation is 1. The maximum Gasteiger partial charge on any atom is 0.238 e. The van der Waals surface area contributed by atoms with E-state index in [4.69, 9.17) is 19.7 Å². The summed E-state index contributed by atoms with van der Waals surface area (Å²) in [5.41, 5.74) is 2.89. The number of benzene rings is 1. The fourth-order valence-electron chi connectivity index (χ4n) is 6.50. The standard InChI is InChI=1S/C30H37N7O3S/c1-2-26-31-23-5-3-4-6-25(23)37(26)30-32-24-17-22(41-28(24)29(33-30)35-13-15-40-16-14-35)18-34-11-12-36(27(39)19-34)20-7-9-21(38)10-8-20/h3-6,17,20-21,38H,2,7-16,18-19H2,1H3. The van der Waals surface area contributed by atoms with Crippen molar-refractivity contribution in [3.63, 3.8) is 0 Å². The first kappa shape index (κ1) is 26.8. The van der Waals surface area contributed by atoms with Crippen LogP contribution in [0.3, 0.4) is 0 Å². The molecule has 4 aromatic rings. The van der Waals surface area contributed by atoms with Gasteiger partial charge < -0.3 is 19.6 Å². The number of piperazine rings is 1. The third-order valence-electron chi connectivity index (χ3n) is 8.67. The van der Waals surface area contributed by atoms with E-state index < -0.39 is 0 Å². The third kappa shape index (κ3) is 5.20. The van der Waals surface area contributed by atoms with E-state index in [0.717, 1.165) is 97.7 Å². The summed E-state index contributed by atoms with van der Waals surface area (Å²) in [6.07, 6.45) is 3.97. The number of rotatable bonds is 6. The van der Waals surface area contributed by atoms with Gasteiger partial charge >= 0.3 is 0 Å². The molecule has 1 aromatic carbocycles. The fourth-order valence-corrected chi connectivity index (χ4v) is 7.66. The molecule has 0 bridgehead atoms. The van der Waals surface area contributed by atoms with E-state index >= 15 is 0 Å². The molecule has 10 nitrogen and oxygen atoms in total. The first-order valence-electron chi connectivity index (χ1n) is 14.9. The minimum Gasteiger partial charge on any atom is -0.393 e. The zero-order valence-electron chi connectivity index (χ0n) is 23.5. The smallest absolute Gasteiger partial charge is 0.238 e. The summed E-state index contributed by atoms with van der Waals surface area (Å²) >= 11 is 1.73. The summed E-state index contributed by atoms with van der Waals surface area (Å²) in [7, 11) is 0. The van der Waals surface area contributed by atoms with Crippen LogP contribution in [0.25, 0.3) is 27.2 Å². The maximum absolute atomic E-state index is 13.1. The number of fused-ring (bicyclic) bond motifs is 2. The number of morpholine rings is 1. The van der Waals surface area contributed by atoms with Crippen LogP contribution in [0.4, 0.5) is 5.82 Å². The number of nitrogens with zero attached hydrogens (tertiary/aromatic N) is 7. The molecule has 216 valence electrons. The molecule has 1 saturated carbocycles. The van der Waals surface area contributed by atoms with Crippen molar-refractivity contribution in [3.8, 4) is 5.95 Å². The van der Waals surface area contributed by atoms with Crippen molar-refractivity contribution in [1.29, 1.82) is 0 Å². The van der Waals surface area contributed by atoms with Gasteiger partial charge in [0.2, 0.25) is 11.9 Å². The predicted octanol–water partition coefficient (Wildman–Crippen LogP) is 3.38. The molecule has 3 fully saturated rings. The Bertz CT molecular complexity index is 1550. The first-order valence-corrected chi connectivity index (χ1v) is 15.7. The molecule has 0 atom stereocenters. The summed E-state index contributed by atoms with van der Waals surface area (Å²) in [6.45, 7) is 7.81. The Labute approximate surface area is 243 Å². The highest BCUT2D eigenvalue weighted by Gasteiger charge is 2.32. The Morgan fingerprint density at radius 1 is 1.00 bits per heavy atom. The van der Waals surface area contributed by atoms with Gasteiger partial charge in [0.15, 0.2) is 5.82 Å². The van der Waals surface area contributed by atoms with Gasteiger partial charge in [0.25, 0.3) is 0 Å². The number of para-hydroxylation sites is 2. The van der Waals surface area contributed by atoms with Crippen LogP contribution in [0.2, 0.25) is 0 Å². The number of aromatic nitrogens is 4. The van der Waals surface area contributed by atoms with E-state index in [9.17, 15) is 9.90 Å². The van der Waals surface area contributed by atoms with Gasteiger partial charge in [0.1, 0.15) is 5.82 Å². The topological polar surface area (TPSA) is 99.9 Å². The highest BCUT2D eigenvalue weighted by Crippen LogP contribution is 2.35. The van der Waals surface area contributed by atoms with Gasteiger partial charge in [-0.05, 0) is 43.9 Å². The Morgan fingerprint density at radius 3 is 2.59 bits per heavy atom. The lowest BCUT2D eigenvalue weighted by Crippen LogP contribution is -2.54. The van der Waals surface area contributed by atoms with Crippen LogP contribution < -0.4 is 4.90 Å². The summed E-state index contributed by atoms with van der Waals surface area (Å²) in [5.74, 6) is 2.74. The number of imidazole rings is 1. The van der Waals surface area contributed by atoms with Crippen LogP contribution >= 0.6 is 11.3 Å². The van der Waals surface area contributed by atoms with Crippen LogP contribution in [-0.4, -0.2) is 98.4 Å². The lowest BCUT2D eigenvalue weighted by atomic mass is 9.91. The van der Waals surface area contributed by atoms with E-state index in [2.05, 4.69) is 38.3 Å². The average molecular weight is 576 g/mol. The summed E-state index contributed by atoms with van der Waals surface area (Å²) in [5, 5.41) is 9.87. The van der Waals surface area contributed by atoms with Crippen LogP contribution in [-0.2, 0) is 22.5 Å². The summed E-state index contributed by atoms with van der Waals surface area (Å²) in [6, 6.07) is 10.6. The number of aliphatic hydroxyl groups excluding tert-OH is 1. The molecule has 0 spiro atoms. The van der Waals surface area contributed by atoms with Crippen molar-refractivity contribution < 1.29 is 14.6 Å². The third-order valence-corrected chi connectivity index (χ3v) is 9.78. The van der Waals surface area contributed by atoms with Gasteiger partial charge in [-0.15, -0.1) is 11.3 Å². The average Bonchev–Trinajstić information content (AvgIpc) is 3.58. The lowest BCUT2D eigenvalue weighted by molar-refractivity contribution is -0.140. The van der Waals surface area contributed by atoms with Gasteiger partial charge in [0.05, 0.1) is 47.1 Å². The molecule has 7 rings (SSSR count). The largest absolute Gasteiger partial charge is 0.393 e. The molecule has 2 aliphatic heterocycles. The zero-order chi connectivity index (χ0) is 27.9. The molecule has 3 aliphatic rings. The van der Waals surface area contributed by atoms with Gasteiger partial charge in [-0.25, -0.2) is 9.97 Å². The molecule has 1 amide bonds. The zero-order valence-corrected chi connectivity index (χ0v) is 24.4. The van der Waals surface area contributed by atoms with Crippen molar-refractivity contribution in [2.75, 3.05) is 50.8 Å². The SMILES string of the molecule is CCc1nc2ccccc2n1-c1nc(N2CCOCC2)c2sc(CN3CCN(C4CCC(O)CC4)C(=O)C3)cc2n1. The summed E-state index contributed by atoms with van der Waals surface area (Å²) < 4.78 is 8.83. The van der Waals surface area contributed by atoms with E-state index in [1.807, 2.05) is 18.2 Å². The minimum atomic E-state index is -0.206. The number of hydrogen-bond acceptors (Lipinski definition) is 9. The van der Waals surface area contributed by atoms with Crippen molar-refractivity contribution in [1.82, 2.24) is 29.3 Å². The number of ether oxygens (including phenoxy) is 1. The van der Waals surface area contributed by atoms with Gasteiger partial charge in [0, 0.05) is 50.1 Å². The Morgan fingerprint density at radius 2 is 1.80 bits per heavy atom. The van der Waals surface area contributed by atoms with Gasteiger partial charge in [-0.3, -0.25) is 14.3 Å². The molecule has 1 aliphatic carbocycles. The van der Waals surface area contributed by atoms with E-state index in [1.54, 1.807) is 11.3 Å². The number of aliphatic hydroxyl groups is 1.